The van der Waals surface area contributed by atoms with Gasteiger partial charge >= 0.3 is 6.18 Å². The zero-order valence-corrected chi connectivity index (χ0v) is 16.3. The summed E-state index contributed by atoms with van der Waals surface area (Å²) in [4.78, 5) is 18.0. The van der Waals surface area contributed by atoms with Crippen LogP contribution in [0.5, 0.6) is 0 Å². The number of amides is 1. The van der Waals surface area contributed by atoms with Crippen molar-refractivity contribution < 1.29 is 35.1 Å². The van der Waals surface area contributed by atoms with E-state index >= 15 is 0 Å². The summed E-state index contributed by atoms with van der Waals surface area (Å²) in [7, 11) is 0. The van der Waals surface area contributed by atoms with Crippen LogP contribution in [0.1, 0.15) is 5.56 Å². The summed E-state index contributed by atoms with van der Waals surface area (Å²) in [5, 5.41) is 0. The van der Waals surface area contributed by atoms with E-state index in [9.17, 15) is 18.0 Å². The quantitative estimate of drug-likeness (QED) is 0.717. The van der Waals surface area contributed by atoms with Gasteiger partial charge in [-0.05, 0) is 30.3 Å². The van der Waals surface area contributed by atoms with Crippen LogP contribution in [0.3, 0.4) is 0 Å². The molecule has 0 N–H and O–H groups in total. The molecule has 1 amide bonds. The maximum Gasteiger partial charge on any atom is 0.416 e. The number of halogens is 4. The second kappa shape index (κ2) is 8.32. The molecule has 2 aromatic carbocycles. The summed E-state index contributed by atoms with van der Waals surface area (Å²) >= 11 is 1.37. The van der Waals surface area contributed by atoms with Gasteiger partial charge in [0.2, 0.25) is 5.91 Å². The first kappa shape index (κ1) is 21.0. The topological polar surface area (TPSA) is 32.8 Å². The maximum absolute atomic E-state index is 13.2. The largest absolute Gasteiger partial charge is 1.00 e. The van der Waals surface area contributed by atoms with E-state index in [-0.39, 0.29) is 30.5 Å². The Kier molecular flexibility index (Phi) is 6.24. The number of nitrogens with zero attached hydrogens (tertiary/aromatic N) is 2. The first-order valence-electron chi connectivity index (χ1n) is 8.55. The van der Waals surface area contributed by atoms with E-state index in [4.69, 9.17) is 4.74 Å². The van der Waals surface area contributed by atoms with Crippen molar-refractivity contribution in [3.8, 4) is 0 Å². The number of hydrogen-bond donors (Lipinski definition) is 0. The monoisotopic (exact) mass is 429 g/mol. The number of carbonyl (C=O) groups excluding carboxylic acids is 1. The third kappa shape index (κ3) is 4.15. The fraction of sp³-hybridized carbons (Fsp3) is 0.316. The molecule has 0 spiro atoms. The molecule has 0 aliphatic carbocycles. The molecule has 4 nitrogen and oxygen atoms in total. The number of benzene rings is 2. The summed E-state index contributed by atoms with van der Waals surface area (Å²) in [5.74, 6) is -0.245. The van der Waals surface area contributed by atoms with Crippen LogP contribution in [0.25, 0.3) is 0 Å². The van der Waals surface area contributed by atoms with Gasteiger partial charge in [-0.1, -0.05) is 23.9 Å². The molecule has 4 rings (SSSR count). The molecule has 1 saturated heterocycles. The molecule has 1 fully saturated rings. The van der Waals surface area contributed by atoms with Crippen LogP contribution >= 0.6 is 11.8 Å². The third-order valence-electron chi connectivity index (χ3n) is 4.57. The molecule has 0 unspecified atom stereocenters. The molecule has 28 heavy (non-hydrogen) atoms. The lowest BCUT2D eigenvalue weighted by Gasteiger charge is -2.34. The number of carbonyl (C=O) groups is 1. The van der Waals surface area contributed by atoms with Gasteiger partial charge < -0.3 is 17.1 Å². The van der Waals surface area contributed by atoms with Gasteiger partial charge in [-0.25, -0.2) is 0 Å². The van der Waals surface area contributed by atoms with Gasteiger partial charge in [0.1, 0.15) is 0 Å². The first-order valence-corrected chi connectivity index (χ1v) is 9.36. The van der Waals surface area contributed by atoms with Gasteiger partial charge in [0.05, 0.1) is 36.7 Å². The second-order valence-electron chi connectivity index (χ2n) is 6.37. The van der Waals surface area contributed by atoms with Crippen LogP contribution in [-0.4, -0.2) is 43.7 Å². The summed E-state index contributed by atoms with van der Waals surface area (Å²) in [6.45, 7) is 2.50. The number of para-hydroxylation sites is 1. The standard InChI is InChI=1S/C19H17F3N2O2S.ClH/c20-19(21,22)13-5-6-17-15(11-13)24(14-3-1-2-4-16(14)27-17)18(25)12-23-7-9-26-10-8-23;/h1-6,11H,7-10,12H2;1H/p-1. The summed E-state index contributed by atoms with van der Waals surface area (Å²) in [6, 6.07) is 10.8. The lowest BCUT2D eigenvalue weighted by Crippen LogP contribution is -3.00. The van der Waals surface area contributed by atoms with E-state index in [0.29, 0.717) is 36.9 Å². The molecule has 0 aromatic heterocycles. The summed E-state index contributed by atoms with van der Waals surface area (Å²) in [6.07, 6.45) is -4.46. The number of rotatable bonds is 2. The maximum atomic E-state index is 13.2. The van der Waals surface area contributed by atoms with Gasteiger partial charge in [-0.2, -0.15) is 13.2 Å². The van der Waals surface area contributed by atoms with Gasteiger partial charge in [0.15, 0.2) is 0 Å². The highest BCUT2D eigenvalue weighted by molar-refractivity contribution is 7.99. The fourth-order valence-corrected chi connectivity index (χ4v) is 4.26. The van der Waals surface area contributed by atoms with E-state index in [1.54, 1.807) is 12.1 Å². The Hall–Kier alpha value is -1.74. The number of ether oxygens (including phenoxy) is 1. The fourth-order valence-electron chi connectivity index (χ4n) is 3.22. The molecule has 0 radical (unpaired) electrons. The van der Waals surface area contributed by atoms with Crippen LogP contribution < -0.4 is 17.3 Å². The molecule has 150 valence electrons. The van der Waals surface area contributed by atoms with E-state index < -0.39 is 11.7 Å². The molecule has 9 heteroatoms. The van der Waals surface area contributed by atoms with Gasteiger partial charge in [0, 0.05) is 22.9 Å². The Morgan fingerprint density at radius 2 is 1.71 bits per heavy atom. The number of anilines is 2. The third-order valence-corrected chi connectivity index (χ3v) is 5.70. The van der Waals surface area contributed by atoms with Crippen molar-refractivity contribution in [1.82, 2.24) is 4.90 Å². The highest BCUT2D eigenvalue weighted by Crippen LogP contribution is 2.49. The van der Waals surface area contributed by atoms with Gasteiger partial charge in [-0.15, -0.1) is 0 Å². The van der Waals surface area contributed by atoms with Crippen LogP contribution in [0, 0.1) is 0 Å². The minimum Gasteiger partial charge on any atom is -1.00 e. The molecular weight excluding hydrogens is 413 g/mol. The Morgan fingerprint density at radius 3 is 2.43 bits per heavy atom. The van der Waals surface area contributed by atoms with Crippen LogP contribution in [0.4, 0.5) is 24.5 Å². The molecular formula is C19H17ClF3N2O2S-. The Bertz CT molecular complexity index is 872. The zero-order valence-electron chi connectivity index (χ0n) is 14.7. The molecule has 0 bridgehead atoms. The smallest absolute Gasteiger partial charge is 0.416 e. The molecule has 2 heterocycles. The summed E-state index contributed by atoms with van der Waals surface area (Å²) < 4.78 is 45.0. The molecule has 0 atom stereocenters. The average molecular weight is 430 g/mol. The van der Waals surface area contributed by atoms with E-state index in [1.165, 1.54) is 22.7 Å². The lowest BCUT2D eigenvalue weighted by atomic mass is 10.1. The highest BCUT2D eigenvalue weighted by atomic mass is 35.5. The van der Waals surface area contributed by atoms with Crippen molar-refractivity contribution in [3.63, 3.8) is 0 Å². The zero-order chi connectivity index (χ0) is 19.0. The van der Waals surface area contributed by atoms with Gasteiger partial charge in [0.25, 0.3) is 0 Å². The number of alkyl halides is 3. The highest BCUT2D eigenvalue weighted by Gasteiger charge is 2.35. The van der Waals surface area contributed by atoms with Crippen molar-refractivity contribution in [2.24, 2.45) is 0 Å². The van der Waals surface area contributed by atoms with Crippen molar-refractivity contribution in [1.29, 1.82) is 0 Å². The number of fused-ring (bicyclic) bond motifs is 2. The minimum absolute atomic E-state index is 0. The van der Waals surface area contributed by atoms with Crippen LogP contribution in [0.2, 0.25) is 0 Å². The summed E-state index contributed by atoms with van der Waals surface area (Å²) in [5.41, 5.74) is 0.143. The molecule has 2 aliphatic heterocycles. The molecule has 2 aliphatic rings. The van der Waals surface area contributed by atoms with E-state index in [1.807, 2.05) is 17.0 Å². The van der Waals surface area contributed by atoms with Gasteiger partial charge in [-0.3, -0.25) is 14.6 Å². The first-order chi connectivity index (χ1) is 12.9. The van der Waals surface area contributed by atoms with Crippen LogP contribution in [-0.2, 0) is 15.7 Å². The number of morpholine rings is 1. The van der Waals surface area contributed by atoms with Crippen molar-refractivity contribution in [2.75, 3.05) is 37.7 Å². The van der Waals surface area contributed by atoms with E-state index in [0.717, 1.165) is 17.0 Å². The second-order valence-corrected chi connectivity index (χ2v) is 7.45. The predicted octanol–water partition coefficient (Wildman–Crippen LogP) is 1.17. The van der Waals surface area contributed by atoms with Crippen molar-refractivity contribution in [3.05, 3.63) is 48.0 Å². The molecule has 2 aromatic rings. The Labute approximate surface area is 171 Å². The minimum atomic E-state index is -4.46. The average Bonchev–Trinajstić information content (AvgIpc) is 2.65. The molecule has 0 saturated carbocycles. The van der Waals surface area contributed by atoms with E-state index in [2.05, 4.69) is 0 Å². The normalized spacial score (nSPS) is 16.8. The SMILES string of the molecule is O=C(CN1CCOCC1)N1c2ccccc2Sc2ccc(C(F)(F)F)cc21.[Cl-]. The van der Waals surface area contributed by atoms with Crippen molar-refractivity contribution in [2.45, 2.75) is 16.0 Å². The number of hydrogen-bond acceptors (Lipinski definition) is 4. The lowest BCUT2D eigenvalue weighted by molar-refractivity contribution is -0.137. The Morgan fingerprint density at radius 1 is 1.04 bits per heavy atom. The van der Waals surface area contributed by atoms with Crippen molar-refractivity contribution >= 4 is 29.0 Å². The predicted molar refractivity (Wildman–Crippen MR) is 96.4 cm³/mol. The van der Waals surface area contributed by atoms with Crippen LogP contribution in [0.15, 0.2) is 52.3 Å². The Balaban J connectivity index is 0.00000225.